The van der Waals surface area contributed by atoms with Crippen molar-refractivity contribution < 1.29 is 38.4 Å². The second-order valence-electron chi connectivity index (χ2n) is 15.0. The molecule has 4 aliphatic rings. The number of rotatable bonds is 12. The van der Waals surface area contributed by atoms with E-state index in [9.17, 15) is 38.4 Å². The number of carbonyl (C=O) groups is 8. The average Bonchev–Trinajstić information content (AvgIpc) is 3.17. The van der Waals surface area contributed by atoms with Crippen molar-refractivity contribution in [3.63, 3.8) is 0 Å². The van der Waals surface area contributed by atoms with E-state index in [4.69, 9.17) is 0 Å². The minimum atomic E-state index is -0.985. The normalized spacial score (nSPS) is 17.4. The first kappa shape index (κ1) is 36.0. The highest BCUT2D eigenvalue weighted by atomic mass is 16.2. The monoisotopic (exact) mass is 740 g/mol. The Balaban J connectivity index is 1.15. The van der Waals surface area contributed by atoms with Crippen LogP contribution in [0.3, 0.4) is 0 Å². The van der Waals surface area contributed by atoms with Gasteiger partial charge in [-0.2, -0.15) is 10.0 Å². The molecule has 4 aromatic carbocycles. The van der Waals surface area contributed by atoms with Crippen LogP contribution in [0.2, 0.25) is 0 Å². The zero-order valence-electron chi connectivity index (χ0n) is 31.2. The zero-order valence-corrected chi connectivity index (χ0v) is 31.2. The Morgan fingerprint density at radius 1 is 0.364 bits per heavy atom. The first-order chi connectivity index (χ1) is 26.4. The molecule has 0 bridgehead atoms. The van der Waals surface area contributed by atoms with E-state index < -0.39 is 47.3 Å². The Morgan fingerprint density at radius 2 is 0.600 bits per heavy atom. The van der Waals surface area contributed by atoms with Crippen molar-refractivity contribution in [3.8, 4) is 0 Å². The summed E-state index contributed by atoms with van der Waals surface area (Å²) >= 11 is 0. The minimum absolute atomic E-state index is 0.0575. The molecule has 55 heavy (non-hydrogen) atoms. The summed E-state index contributed by atoms with van der Waals surface area (Å²) in [5, 5.41) is 1.59. The quantitative estimate of drug-likeness (QED) is 0.108. The first-order valence-corrected chi connectivity index (χ1v) is 19.2. The molecule has 0 spiro atoms. The fourth-order valence-corrected chi connectivity index (χ4v) is 8.74. The standard InChI is InChI=1S/C43H40N4O8/c1-5-7-9-11-13-23(4)45-38(50)26-16-20-30-35-31(21-17-27(33(26)35)39(45)51)43(55)47(42(30)54)46-40(52)28-18-14-24-32-25(15-19-29(34(28)32)41(46)53)37(49)44(36(24)48)22(3)12-10-8-6-2/h14-23H,5-13H2,1-4H3. The molecule has 2 atom stereocenters. The van der Waals surface area contributed by atoms with E-state index in [-0.39, 0.29) is 78.1 Å². The number of hydrogen-bond donors (Lipinski definition) is 0. The number of benzene rings is 4. The van der Waals surface area contributed by atoms with Crippen LogP contribution in [0.25, 0.3) is 21.5 Å². The Kier molecular flexibility index (Phi) is 8.74. The van der Waals surface area contributed by atoms with Crippen LogP contribution < -0.4 is 0 Å². The van der Waals surface area contributed by atoms with Crippen LogP contribution in [0.4, 0.5) is 0 Å². The lowest BCUT2D eigenvalue weighted by molar-refractivity contribution is 0.00211. The summed E-state index contributed by atoms with van der Waals surface area (Å²) in [6.07, 6.45) is 8.01. The van der Waals surface area contributed by atoms with E-state index in [1.165, 1.54) is 58.3 Å². The third-order valence-electron chi connectivity index (χ3n) is 11.6. The Hall–Kier alpha value is -6.04. The van der Waals surface area contributed by atoms with Gasteiger partial charge in [-0.05, 0) is 75.2 Å². The van der Waals surface area contributed by atoms with Crippen LogP contribution in [-0.4, -0.2) is 79.2 Å². The van der Waals surface area contributed by atoms with Crippen molar-refractivity contribution in [2.24, 2.45) is 0 Å². The molecule has 0 aromatic heterocycles. The van der Waals surface area contributed by atoms with E-state index >= 15 is 0 Å². The highest BCUT2D eigenvalue weighted by molar-refractivity contribution is 6.37. The number of carbonyl (C=O) groups excluding carboxylic acids is 8. The van der Waals surface area contributed by atoms with Crippen molar-refractivity contribution in [2.75, 3.05) is 0 Å². The van der Waals surface area contributed by atoms with Gasteiger partial charge in [0, 0.05) is 55.9 Å². The number of hydrazine groups is 1. The molecule has 12 nitrogen and oxygen atoms in total. The smallest absolute Gasteiger partial charge is 0.272 e. The molecular formula is C43H40N4O8. The highest BCUT2D eigenvalue weighted by Crippen LogP contribution is 2.42. The molecule has 12 heteroatoms. The maximum absolute atomic E-state index is 14.3. The van der Waals surface area contributed by atoms with Gasteiger partial charge >= 0.3 is 0 Å². The largest absolute Gasteiger partial charge is 0.281 e. The van der Waals surface area contributed by atoms with Crippen molar-refractivity contribution >= 4 is 68.8 Å². The summed E-state index contributed by atoms with van der Waals surface area (Å²) in [6, 6.07) is 10.6. The van der Waals surface area contributed by atoms with Crippen molar-refractivity contribution in [3.05, 3.63) is 93.0 Å². The Labute approximate surface area is 317 Å². The number of imide groups is 4. The van der Waals surface area contributed by atoms with Crippen LogP contribution in [-0.2, 0) is 0 Å². The van der Waals surface area contributed by atoms with E-state index in [0.717, 1.165) is 44.9 Å². The number of amides is 8. The van der Waals surface area contributed by atoms with Gasteiger partial charge in [0.2, 0.25) is 0 Å². The molecule has 8 amide bonds. The molecule has 8 rings (SSSR count). The molecule has 0 aliphatic carbocycles. The lowest BCUT2D eigenvalue weighted by Crippen LogP contribution is -2.58. The minimum Gasteiger partial charge on any atom is -0.272 e. The summed E-state index contributed by atoms with van der Waals surface area (Å²) in [6.45, 7) is 7.83. The van der Waals surface area contributed by atoms with Crippen molar-refractivity contribution in [1.82, 2.24) is 19.8 Å². The van der Waals surface area contributed by atoms with Gasteiger partial charge in [-0.25, -0.2) is 0 Å². The second-order valence-corrected chi connectivity index (χ2v) is 15.0. The fraction of sp³-hybridized carbons (Fsp3) is 0.349. The van der Waals surface area contributed by atoms with Crippen LogP contribution >= 0.6 is 0 Å². The lowest BCUT2D eigenvalue weighted by Gasteiger charge is -2.39. The fourth-order valence-electron chi connectivity index (χ4n) is 8.74. The van der Waals surface area contributed by atoms with Gasteiger partial charge in [0.05, 0.1) is 22.3 Å². The maximum atomic E-state index is 14.3. The molecule has 4 aliphatic heterocycles. The zero-order chi connectivity index (χ0) is 39.0. The predicted octanol–water partition coefficient (Wildman–Crippen LogP) is 7.32. The van der Waals surface area contributed by atoms with Gasteiger partial charge in [0.1, 0.15) is 0 Å². The van der Waals surface area contributed by atoms with Crippen LogP contribution in [0, 0.1) is 0 Å². The molecule has 0 radical (unpaired) electrons. The maximum Gasteiger partial charge on any atom is 0.281 e. The Bertz CT molecular complexity index is 2330. The summed E-state index contributed by atoms with van der Waals surface area (Å²) in [5.41, 5.74) is 0.491. The summed E-state index contributed by atoms with van der Waals surface area (Å²) in [7, 11) is 0. The second kappa shape index (κ2) is 13.4. The average molecular weight is 741 g/mol. The molecular weight excluding hydrogens is 700 g/mol. The van der Waals surface area contributed by atoms with Crippen LogP contribution in [0.1, 0.15) is 168 Å². The number of hydrogen-bond acceptors (Lipinski definition) is 8. The molecule has 0 fully saturated rings. The SMILES string of the molecule is CCCCCCC(C)N1C(=O)c2ccc3c4c(ccc(c24)C1=O)C(=O)N(N1C(=O)c2ccc4c5c(ccc(c25)C1=O)C(=O)N(C(C)CCCCC)C4=O)C3=O. The van der Waals surface area contributed by atoms with E-state index in [1.54, 1.807) is 0 Å². The van der Waals surface area contributed by atoms with Crippen LogP contribution in [0.15, 0.2) is 48.5 Å². The molecule has 0 saturated heterocycles. The lowest BCUT2D eigenvalue weighted by atomic mass is 9.85. The topological polar surface area (TPSA) is 150 Å². The molecule has 0 N–H and O–H groups in total. The predicted molar refractivity (Wildman–Crippen MR) is 202 cm³/mol. The molecule has 280 valence electrons. The van der Waals surface area contributed by atoms with E-state index in [2.05, 4.69) is 13.8 Å². The van der Waals surface area contributed by atoms with Gasteiger partial charge < -0.3 is 0 Å². The highest BCUT2D eigenvalue weighted by Gasteiger charge is 2.48. The third kappa shape index (κ3) is 5.10. The van der Waals surface area contributed by atoms with Gasteiger partial charge in [-0.15, -0.1) is 0 Å². The molecule has 0 saturated carbocycles. The summed E-state index contributed by atoms with van der Waals surface area (Å²) in [5.74, 6) is -6.02. The first-order valence-electron chi connectivity index (χ1n) is 19.2. The van der Waals surface area contributed by atoms with Crippen LogP contribution in [0.5, 0.6) is 0 Å². The van der Waals surface area contributed by atoms with Gasteiger partial charge in [0.25, 0.3) is 47.3 Å². The van der Waals surface area contributed by atoms with E-state index in [1.807, 2.05) is 13.8 Å². The van der Waals surface area contributed by atoms with Gasteiger partial charge in [-0.1, -0.05) is 58.8 Å². The van der Waals surface area contributed by atoms with E-state index in [0.29, 0.717) is 22.9 Å². The summed E-state index contributed by atoms with van der Waals surface area (Å²) in [4.78, 5) is 115. The summed E-state index contributed by atoms with van der Waals surface area (Å²) < 4.78 is 0. The molecule has 4 aromatic rings. The van der Waals surface area contributed by atoms with Crippen molar-refractivity contribution in [2.45, 2.75) is 97.6 Å². The third-order valence-corrected chi connectivity index (χ3v) is 11.6. The van der Waals surface area contributed by atoms with Gasteiger partial charge in [0.15, 0.2) is 0 Å². The molecule has 4 heterocycles. The van der Waals surface area contributed by atoms with Crippen molar-refractivity contribution in [1.29, 1.82) is 0 Å². The van der Waals surface area contributed by atoms with Gasteiger partial charge in [-0.3, -0.25) is 48.2 Å². The number of unbranched alkanes of at least 4 members (excludes halogenated alkanes) is 5. The Morgan fingerprint density at radius 3 is 0.873 bits per heavy atom. The molecule has 2 unspecified atom stereocenters. The number of nitrogens with zero attached hydrogens (tertiary/aromatic N) is 4.